The van der Waals surface area contributed by atoms with Crippen molar-refractivity contribution in [1.29, 1.82) is 0 Å². The van der Waals surface area contributed by atoms with Crippen LogP contribution in [0.4, 0.5) is 17.5 Å². The van der Waals surface area contributed by atoms with Crippen LogP contribution in [-0.2, 0) is 4.74 Å². The number of anilines is 3. The summed E-state index contributed by atoms with van der Waals surface area (Å²) in [5.74, 6) is 1.34. The van der Waals surface area contributed by atoms with Gasteiger partial charge < -0.3 is 25.1 Å². The lowest BCUT2D eigenvalue weighted by molar-refractivity contribution is 0.0601. The molecule has 0 saturated carbocycles. The van der Waals surface area contributed by atoms with E-state index in [1.807, 2.05) is 36.4 Å². The number of rotatable bonds is 8. The average Bonchev–Trinajstić information content (AvgIpc) is 3.26. The van der Waals surface area contributed by atoms with Crippen molar-refractivity contribution in [3.05, 3.63) is 66.5 Å². The number of nitrogens with zero attached hydrogens (tertiary/aromatic N) is 3. The number of nitrogens with one attached hydrogen (secondary N) is 3. The maximum atomic E-state index is 11.8. The number of ether oxygens (including phenoxy) is 2. The molecule has 2 heterocycles. The second-order valence-corrected chi connectivity index (χ2v) is 6.28. The first-order valence-electron chi connectivity index (χ1n) is 9.31. The molecule has 0 bridgehead atoms. The zero-order valence-electron chi connectivity index (χ0n) is 16.3. The second-order valence-electron chi connectivity index (χ2n) is 6.28. The van der Waals surface area contributed by atoms with Gasteiger partial charge in [0.05, 0.1) is 25.5 Å². The molecule has 9 heteroatoms. The van der Waals surface area contributed by atoms with E-state index in [9.17, 15) is 4.79 Å². The molecule has 0 atom stereocenters. The lowest BCUT2D eigenvalue weighted by Crippen LogP contribution is -2.14. The molecule has 2 aromatic heterocycles. The van der Waals surface area contributed by atoms with Gasteiger partial charge in [-0.2, -0.15) is 9.97 Å². The van der Waals surface area contributed by atoms with Crippen LogP contribution in [0.3, 0.4) is 0 Å². The molecule has 0 aliphatic heterocycles. The number of carbonyl (C=O) groups excluding carboxylic acids is 1. The smallest absolute Gasteiger partial charge is 0.337 e. The number of para-hydroxylation sites is 1. The molecule has 9 nitrogen and oxygen atoms in total. The number of benzene rings is 2. The third-order valence-corrected chi connectivity index (χ3v) is 4.23. The van der Waals surface area contributed by atoms with Crippen LogP contribution in [0.2, 0.25) is 0 Å². The van der Waals surface area contributed by atoms with Gasteiger partial charge in [-0.05, 0) is 30.3 Å². The zero-order chi connectivity index (χ0) is 20.8. The minimum absolute atomic E-state index is 0.409. The quantitative estimate of drug-likeness (QED) is 0.303. The predicted octanol–water partition coefficient (Wildman–Crippen LogP) is 3.37. The van der Waals surface area contributed by atoms with E-state index in [4.69, 9.17) is 9.47 Å². The molecule has 30 heavy (non-hydrogen) atoms. The summed E-state index contributed by atoms with van der Waals surface area (Å²) >= 11 is 0. The van der Waals surface area contributed by atoms with Crippen LogP contribution in [0.5, 0.6) is 5.75 Å². The van der Waals surface area contributed by atoms with Crippen molar-refractivity contribution < 1.29 is 14.3 Å². The highest BCUT2D eigenvalue weighted by molar-refractivity contribution is 5.91. The third-order valence-electron chi connectivity index (χ3n) is 4.23. The zero-order valence-corrected chi connectivity index (χ0v) is 16.3. The largest absolute Gasteiger partial charge is 0.492 e. The van der Waals surface area contributed by atoms with Gasteiger partial charge in [-0.15, -0.1) is 0 Å². The third kappa shape index (κ3) is 4.46. The lowest BCUT2D eigenvalue weighted by Gasteiger charge is -2.11. The Morgan fingerprint density at radius 3 is 2.80 bits per heavy atom. The average molecular weight is 404 g/mol. The SMILES string of the molecule is COC(=O)c1cccc(Nc2nc(NCCOc3ccccc3)nc3nc[nH]c23)c1. The van der Waals surface area contributed by atoms with Gasteiger partial charge in [0.2, 0.25) is 5.95 Å². The highest BCUT2D eigenvalue weighted by atomic mass is 16.5. The summed E-state index contributed by atoms with van der Waals surface area (Å²) in [6.07, 6.45) is 1.55. The molecule has 152 valence electrons. The van der Waals surface area contributed by atoms with Crippen molar-refractivity contribution in [1.82, 2.24) is 19.9 Å². The number of hydrogen-bond donors (Lipinski definition) is 3. The van der Waals surface area contributed by atoms with E-state index in [0.717, 1.165) is 5.75 Å². The number of H-pyrrole nitrogens is 1. The topological polar surface area (TPSA) is 114 Å². The molecule has 0 spiro atoms. The fourth-order valence-electron chi connectivity index (χ4n) is 2.83. The number of esters is 1. The fraction of sp³-hybridized carbons (Fsp3) is 0.143. The summed E-state index contributed by atoms with van der Waals surface area (Å²) in [4.78, 5) is 28.0. The maximum absolute atomic E-state index is 11.8. The van der Waals surface area contributed by atoms with E-state index >= 15 is 0 Å². The summed E-state index contributed by atoms with van der Waals surface area (Å²) in [5.41, 5.74) is 2.30. The van der Waals surface area contributed by atoms with Gasteiger partial charge in [-0.1, -0.05) is 24.3 Å². The van der Waals surface area contributed by atoms with Crippen LogP contribution in [0.15, 0.2) is 60.9 Å². The van der Waals surface area contributed by atoms with Gasteiger partial charge in [0, 0.05) is 5.69 Å². The van der Waals surface area contributed by atoms with Crippen LogP contribution in [-0.4, -0.2) is 46.2 Å². The first-order chi connectivity index (χ1) is 14.7. The normalized spacial score (nSPS) is 10.6. The molecule has 0 unspecified atom stereocenters. The Morgan fingerprint density at radius 1 is 1.10 bits per heavy atom. The monoisotopic (exact) mass is 404 g/mol. The van der Waals surface area contributed by atoms with E-state index in [1.165, 1.54) is 7.11 Å². The molecule has 4 aromatic rings. The van der Waals surface area contributed by atoms with Gasteiger partial charge in [-0.3, -0.25) is 0 Å². The highest BCUT2D eigenvalue weighted by Gasteiger charge is 2.12. The molecule has 2 aromatic carbocycles. The molecule has 0 fully saturated rings. The number of methoxy groups -OCH3 is 1. The number of aromatic amines is 1. The summed E-state index contributed by atoms with van der Waals surface area (Å²) in [5, 5.41) is 6.35. The molecular weight excluding hydrogens is 384 g/mol. The molecule has 0 aliphatic carbocycles. The van der Waals surface area contributed by atoms with Gasteiger partial charge in [0.25, 0.3) is 0 Å². The van der Waals surface area contributed by atoms with E-state index in [1.54, 1.807) is 24.5 Å². The van der Waals surface area contributed by atoms with Crippen molar-refractivity contribution in [2.75, 3.05) is 30.9 Å². The molecule has 0 saturated heterocycles. The Morgan fingerprint density at radius 2 is 1.97 bits per heavy atom. The fourth-order valence-corrected chi connectivity index (χ4v) is 2.83. The minimum atomic E-state index is -0.409. The number of hydrogen-bond acceptors (Lipinski definition) is 8. The van der Waals surface area contributed by atoms with Crippen molar-refractivity contribution in [2.45, 2.75) is 0 Å². The Balaban J connectivity index is 1.48. The number of imidazole rings is 1. The Bertz CT molecular complexity index is 1150. The summed E-state index contributed by atoms with van der Waals surface area (Å²) in [6, 6.07) is 16.5. The van der Waals surface area contributed by atoms with Gasteiger partial charge in [-0.25, -0.2) is 9.78 Å². The molecule has 0 aliphatic rings. The van der Waals surface area contributed by atoms with Crippen LogP contribution in [0.1, 0.15) is 10.4 Å². The first-order valence-corrected chi connectivity index (χ1v) is 9.31. The van der Waals surface area contributed by atoms with Crippen molar-refractivity contribution in [2.24, 2.45) is 0 Å². The van der Waals surface area contributed by atoms with Crippen LogP contribution < -0.4 is 15.4 Å². The molecular formula is C21H20N6O3. The summed E-state index contributed by atoms with van der Waals surface area (Å²) < 4.78 is 10.4. The molecule has 0 radical (unpaired) electrons. The number of aromatic nitrogens is 4. The predicted molar refractivity (Wildman–Crippen MR) is 113 cm³/mol. The van der Waals surface area contributed by atoms with Gasteiger partial charge in [0.1, 0.15) is 17.9 Å². The van der Waals surface area contributed by atoms with E-state index in [2.05, 4.69) is 30.6 Å². The first kappa shape index (κ1) is 19.2. The van der Waals surface area contributed by atoms with Crippen molar-refractivity contribution in [3.8, 4) is 5.75 Å². The minimum Gasteiger partial charge on any atom is -0.492 e. The molecule has 4 rings (SSSR count). The van der Waals surface area contributed by atoms with Crippen LogP contribution in [0.25, 0.3) is 11.2 Å². The van der Waals surface area contributed by atoms with Crippen molar-refractivity contribution >= 4 is 34.6 Å². The number of fused-ring (bicyclic) bond motifs is 1. The Hall–Kier alpha value is -4.14. The highest BCUT2D eigenvalue weighted by Crippen LogP contribution is 2.23. The van der Waals surface area contributed by atoms with Crippen LogP contribution >= 0.6 is 0 Å². The van der Waals surface area contributed by atoms with Gasteiger partial charge >= 0.3 is 5.97 Å². The number of carbonyl (C=O) groups is 1. The molecule has 3 N–H and O–H groups in total. The summed E-state index contributed by atoms with van der Waals surface area (Å²) in [6.45, 7) is 0.970. The van der Waals surface area contributed by atoms with Crippen LogP contribution in [0, 0.1) is 0 Å². The molecule has 0 amide bonds. The Labute approximate surface area is 172 Å². The van der Waals surface area contributed by atoms with E-state index < -0.39 is 5.97 Å². The maximum Gasteiger partial charge on any atom is 0.337 e. The van der Waals surface area contributed by atoms with Gasteiger partial charge in [0.15, 0.2) is 11.5 Å². The van der Waals surface area contributed by atoms with Crippen molar-refractivity contribution in [3.63, 3.8) is 0 Å². The lowest BCUT2D eigenvalue weighted by atomic mass is 10.2. The summed E-state index contributed by atoms with van der Waals surface area (Å²) in [7, 11) is 1.35. The van der Waals surface area contributed by atoms with E-state index in [-0.39, 0.29) is 0 Å². The standard InChI is InChI=1S/C21H20N6O3/c1-29-20(28)14-6-5-7-15(12-14)25-19-17-18(24-13-23-17)26-21(27-19)22-10-11-30-16-8-3-2-4-9-16/h2-9,12-13H,10-11H2,1H3,(H3,22,23,24,25,26,27). The Kier molecular flexibility index (Phi) is 5.70. The second kappa shape index (κ2) is 8.91. The van der Waals surface area contributed by atoms with E-state index in [0.29, 0.717) is 47.3 Å².